The Balaban J connectivity index is 0.000000156. The standard InChI is InChI=1S/C30H33FN10O.C22H22BrFN8.C14H23BN2O3.C6H12O4S.C5H10O2.CH4.HI/c1-30(32,23-2-4-25(31)5-3-23)24-16-33-29(34-17-24)39-10-8-38(9-11-39)28-27-14-21(18-41(27)37-20-35-28)22-15-36-40(19-22)26-6-12-42-13-7-26;1-22(25,15-2-4-18(24)5-3-15)16-11-26-21(27-12-16)31-8-6-30(7-9-31)20-19-10-17(23)13-32(19)29-14-28-20;1-13(2)14(3,4)20-15(19-13)11-9-16-17(10-11)12-5-7-18-8-6-12;1-11(7,8)10-6-2-4-9-5-3-6;6-5-1-3-7-4-2-5;;/h2-5,14-20,26H,6-13,32H2,1H3;2-5,10-14H,6-9,25H2,1H3;9-10,12H,5-8H2,1-4H3;6H,2-5H2,1H3;5-6H,1-4H2;1H4;1H/p-1/t30-;22-;;;;;/m00...../s1. The highest BCUT2D eigenvalue weighted by Crippen LogP contribution is 2.38. The minimum Gasteiger partial charge on any atom is -1.00 e. The van der Waals surface area contributed by atoms with Crippen molar-refractivity contribution >= 4 is 73.2 Å². The molecule has 2 atom stereocenters. The summed E-state index contributed by atoms with van der Waals surface area (Å²) in [6.07, 6.45) is 29.9. The molecule has 17 rings (SSSR count). The monoisotopic (exact) mass is 1770 g/mol. The molecule has 614 valence electrons. The number of hydrogen-bond acceptors (Lipinski definition) is 26. The van der Waals surface area contributed by atoms with Gasteiger partial charge in [0.25, 0.3) is 10.1 Å². The van der Waals surface area contributed by atoms with Crippen LogP contribution >= 0.6 is 15.9 Å². The van der Waals surface area contributed by atoms with Crippen LogP contribution in [0.5, 0.6) is 0 Å². The van der Waals surface area contributed by atoms with Crippen LogP contribution in [0.25, 0.3) is 22.2 Å². The van der Waals surface area contributed by atoms with Gasteiger partial charge in [-0.25, -0.2) is 47.7 Å². The van der Waals surface area contributed by atoms with Crippen molar-refractivity contribution in [1.82, 2.24) is 68.7 Å². The van der Waals surface area contributed by atoms with Gasteiger partial charge in [0, 0.05) is 193 Å². The van der Waals surface area contributed by atoms with Gasteiger partial charge >= 0.3 is 7.12 Å². The van der Waals surface area contributed by atoms with Crippen molar-refractivity contribution in [2.75, 3.05) is 131 Å². The Morgan fingerprint density at radius 2 is 0.912 bits per heavy atom. The fraction of sp³-hybridized carbons (Fsp3) is 0.513. The molecule has 10 aromatic rings. The third-order valence-corrected chi connectivity index (χ3v) is 22.8. The van der Waals surface area contributed by atoms with E-state index < -0.39 is 21.2 Å². The van der Waals surface area contributed by atoms with E-state index in [9.17, 15) is 17.2 Å². The van der Waals surface area contributed by atoms with E-state index in [2.05, 4.69) is 137 Å². The molecule has 30 nitrogen and oxygen atoms in total. The quantitative estimate of drug-likeness (QED) is 0.0651. The van der Waals surface area contributed by atoms with Crippen LogP contribution in [0, 0.1) is 11.6 Å². The smallest absolute Gasteiger partial charge is 0.498 e. The van der Waals surface area contributed by atoms with Crippen molar-refractivity contribution in [3.05, 3.63) is 174 Å². The number of aliphatic hydroxyl groups excluding tert-OH is 1. The zero-order valence-corrected chi connectivity index (χ0v) is 69.4. The van der Waals surface area contributed by atoms with Gasteiger partial charge in [-0.3, -0.25) is 13.5 Å². The Hall–Kier alpha value is -7.86. The summed E-state index contributed by atoms with van der Waals surface area (Å²) in [5.41, 5.74) is 19.1. The number of aliphatic hydroxyl groups is 1. The van der Waals surface area contributed by atoms with Crippen molar-refractivity contribution in [3.63, 3.8) is 0 Å². The zero-order valence-electron chi connectivity index (χ0n) is 64.8. The minimum absolute atomic E-state index is 0. The number of piperazine rings is 2. The molecule has 8 aromatic heterocycles. The van der Waals surface area contributed by atoms with Crippen molar-refractivity contribution in [3.8, 4) is 11.1 Å². The summed E-state index contributed by atoms with van der Waals surface area (Å²) in [6.45, 7) is 24.1. The normalized spacial score (nSPS) is 19.5. The van der Waals surface area contributed by atoms with Gasteiger partial charge in [-0.1, -0.05) is 31.7 Å². The summed E-state index contributed by atoms with van der Waals surface area (Å²) in [5.74, 6) is 2.57. The SMILES string of the molecule is C.CC1(C)OB(c2cnn(C3CCOCC3)c2)OC1(C)C.CS(=O)(=O)OC1CCOCC1.C[C@](N)(c1ccc(F)cc1)c1cnc(N2CCN(c3ncnn4cc(-c5cnn(C6CCOCC6)c5)cc34)CC2)nc1.C[C@](N)(c1ccc(F)cc1)c1cnc(N2CCN(c3ncnn4cc(Br)cc34)CC2)nc1.OC1CCOCC1.[I-]. The van der Waals surface area contributed by atoms with Gasteiger partial charge in [0.2, 0.25) is 11.9 Å². The van der Waals surface area contributed by atoms with E-state index in [1.165, 1.54) is 24.3 Å². The maximum absolute atomic E-state index is 13.4. The molecule has 7 aliphatic rings. The molecule has 7 aliphatic heterocycles. The number of ether oxygens (including phenoxy) is 4. The van der Waals surface area contributed by atoms with Crippen LogP contribution in [0.4, 0.5) is 32.3 Å². The third-order valence-electron chi connectivity index (χ3n) is 21.7. The summed E-state index contributed by atoms with van der Waals surface area (Å²) < 4.78 is 94.5. The fourth-order valence-electron chi connectivity index (χ4n) is 14.1. The first-order valence-corrected chi connectivity index (χ1v) is 40.7. The van der Waals surface area contributed by atoms with E-state index in [4.69, 9.17) is 49.0 Å². The summed E-state index contributed by atoms with van der Waals surface area (Å²) in [6, 6.07) is 17.4. The summed E-state index contributed by atoms with van der Waals surface area (Å²) >= 11 is 3.50. The molecule has 36 heteroatoms. The van der Waals surface area contributed by atoms with Crippen LogP contribution in [0.2, 0.25) is 0 Å². The molecule has 0 radical (unpaired) electrons. The molecule has 0 bridgehead atoms. The van der Waals surface area contributed by atoms with E-state index in [1.54, 1.807) is 61.7 Å². The number of halogens is 4. The van der Waals surface area contributed by atoms with Gasteiger partial charge in [0.15, 0.2) is 11.6 Å². The van der Waals surface area contributed by atoms with E-state index in [0.717, 1.165) is 203 Å². The molecule has 15 heterocycles. The predicted octanol–water partition coefficient (Wildman–Crippen LogP) is 5.87. The molecule has 7 fully saturated rings. The molecule has 0 saturated carbocycles. The Morgan fingerprint density at radius 3 is 1.34 bits per heavy atom. The van der Waals surface area contributed by atoms with Crippen LogP contribution < -0.4 is 60.5 Å². The third kappa shape index (κ3) is 21.7. The van der Waals surface area contributed by atoms with Gasteiger partial charge in [-0.2, -0.15) is 28.8 Å². The molecule has 0 aliphatic carbocycles. The molecule has 0 amide bonds. The van der Waals surface area contributed by atoms with E-state index >= 15 is 0 Å². The number of anilines is 4. The molecular formula is C78H104BBrF2IN20O10S-. The highest BCUT2D eigenvalue weighted by atomic mass is 127. The maximum Gasteiger partial charge on any atom is 0.498 e. The van der Waals surface area contributed by atoms with Gasteiger partial charge in [-0.05, 0) is 156 Å². The molecule has 7 saturated heterocycles. The second-order valence-electron chi connectivity index (χ2n) is 30.3. The number of fused-ring (bicyclic) bond motifs is 2. The Bertz CT molecular complexity index is 4780. The summed E-state index contributed by atoms with van der Waals surface area (Å²) in [5, 5.41) is 26.7. The predicted molar refractivity (Wildman–Crippen MR) is 431 cm³/mol. The van der Waals surface area contributed by atoms with Crippen molar-refractivity contribution in [2.45, 2.75) is 147 Å². The zero-order chi connectivity index (χ0) is 78.8. The van der Waals surface area contributed by atoms with Gasteiger partial charge in [0.05, 0.1) is 59.0 Å². The summed E-state index contributed by atoms with van der Waals surface area (Å²) in [4.78, 5) is 36.4. The number of rotatable bonds is 14. The second kappa shape index (κ2) is 38.5. The van der Waals surface area contributed by atoms with Crippen molar-refractivity contribution < 1.29 is 78.7 Å². The first kappa shape index (κ1) is 87.0. The number of benzene rings is 2. The maximum atomic E-state index is 13.4. The lowest BCUT2D eigenvalue weighted by Gasteiger charge is -2.35. The van der Waals surface area contributed by atoms with Gasteiger partial charge in [0.1, 0.15) is 35.3 Å². The van der Waals surface area contributed by atoms with E-state index in [-0.39, 0.29) is 73.6 Å². The molecule has 2 aromatic carbocycles. The number of aromatic nitrogens is 14. The van der Waals surface area contributed by atoms with Crippen LogP contribution in [-0.2, 0) is 53.6 Å². The largest absolute Gasteiger partial charge is 1.00 e. The van der Waals surface area contributed by atoms with Crippen LogP contribution in [0.1, 0.15) is 135 Å². The first-order chi connectivity index (χ1) is 53.7. The molecular weight excluding hydrogens is 1660 g/mol. The van der Waals surface area contributed by atoms with Crippen LogP contribution in [-0.4, -0.2) is 224 Å². The molecule has 114 heavy (non-hydrogen) atoms. The van der Waals surface area contributed by atoms with E-state index in [0.29, 0.717) is 50.0 Å². The van der Waals surface area contributed by atoms with Crippen LogP contribution in [0.3, 0.4) is 0 Å². The highest BCUT2D eigenvalue weighted by molar-refractivity contribution is 9.10. The van der Waals surface area contributed by atoms with Crippen LogP contribution in [0.15, 0.2) is 140 Å². The average molecular weight is 1770 g/mol. The Labute approximate surface area is 690 Å². The second-order valence-corrected chi connectivity index (χ2v) is 32.8. The number of nitrogens with two attached hydrogens (primary N) is 2. The Kier molecular flexibility index (Phi) is 29.4. The molecule has 0 unspecified atom stereocenters. The lowest BCUT2D eigenvalue weighted by Crippen LogP contribution is -3.00. The Morgan fingerprint density at radius 1 is 0.518 bits per heavy atom. The number of nitrogens with zero attached hydrogens (tertiary/aromatic N) is 18. The minimum atomic E-state index is -3.28. The molecule has 0 spiro atoms. The lowest BCUT2D eigenvalue weighted by atomic mass is 9.82. The fourth-order valence-corrected chi connectivity index (χ4v) is 15.2. The highest BCUT2D eigenvalue weighted by Gasteiger charge is 2.52. The van der Waals surface area contributed by atoms with Crippen molar-refractivity contribution in [1.29, 1.82) is 0 Å². The number of hydrogen-bond donors (Lipinski definition) is 3. The van der Waals surface area contributed by atoms with Gasteiger partial charge in [-0.15, -0.1) is 0 Å². The van der Waals surface area contributed by atoms with Crippen molar-refractivity contribution in [2.24, 2.45) is 11.5 Å². The topological polar surface area (TPSA) is 332 Å². The first-order valence-electron chi connectivity index (χ1n) is 38.1. The lowest BCUT2D eigenvalue weighted by molar-refractivity contribution is -0.0000687. The average Bonchev–Trinajstić information content (AvgIpc) is 1.60. The van der Waals surface area contributed by atoms with E-state index in [1.807, 2.05) is 58.4 Å². The van der Waals surface area contributed by atoms with Gasteiger partial charge < -0.3 is 88.4 Å². The summed E-state index contributed by atoms with van der Waals surface area (Å²) in [7, 11) is -3.60. The molecule has 5 N–H and O–H groups in total.